The van der Waals surface area contributed by atoms with Crippen LogP contribution < -0.4 is 0 Å². The molecule has 1 aliphatic carbocycles. The summed E-state index contributed by atoms with van der Waals surface area (Å²) in [6.45, 7) is 4.55. The number of nitrogens with zero attached hydrogens (tertiary/aromatic N) is 1. The Kier molecular flexibility index (Phi) is 4.48. The van der Waals surface area contributed by atoms with Gasteiger partial charge in [-0.25, -0.2) is 12.8 Å². The van der Waals surface area contributed by atoms with Gasteiger partial charge >= 0.3 is 0 Å². The molecule has 3 nitrogen and oxygen atoms in total. The zero-order valence-electron chi connectivity index (χ0n) is 14.8. The first-order chi connectivity index (χ1) is 12.3. The van der Waals surface area contributed by atoms with Gasteiger partial charge in [0, 0.05) is 11.0 Å². The molecule has 0 radical (unpaired) electrons. The van der Waals surface area contributed by atoms with E-state index in [0.29, 0.717) is 18.5 Å². The SMILES string of the molecule is Cc1ccc(Br)c2c1C(N1C[C@@H](C)Cc3ccc(F)cc3S1(=O)=O)CC2. The third-order valence-electron chi connectivity index (χ3n) is 5.54. The van der Waals surface area contributed by atoms with Crippen molar-refractivity contribution in [1.82, 2.24) is 4.31 Å². The van der Waals surface area contributed by atoms with Gasteiger partial charge < -0.3 is 0 Å². The van der Waals surface area contributed by atoms with Crippen LogP contribution in [0.3, 0.4) is 0 Å². The van der Waals surface area contributed by atoms with Crippen LogP contribution in [0.2, 0.25) is 0 Å². The third-order valence-corrected chi connectivity index (χ3v) is 8.24. The summed E-state index contributed by atoms with van der Waals surface area (Å²) in [7, 11) is -3.75. The van der Waals surface area contributed by atoms with Crippen molar-refractivity contribution >= 4 is 26.0 Å². The number of fused-ring (bicyclic) bond motifs is 2. The van der Waals surface area contributed by atoms with Crippen LogP contribution in [0.4, 0.5) is 4.39 Å². The number of aryl methyl sites for hydroxylation is 1. The lowest BCUT2D eigenvalue weighted by Crippen LogP contribution is -2.36. The van der Waals surface area contributed by atoms with E-state index in [0.717, 1.165) is 28.4 Å². The maximum atomic E-state index is 13.8. The summed E-state index contributed by atoms with van der Waals surface area (Å²) in [6.07, 6.45) is 2.25. The molecule has 26 heavy (non-hydrogen) atoms. The summed E-state index contributed by atoms with van der Waals surface area (Å²) in [5.41, 5.74) is 4.12. The zero-order valence-corrected chi connectivity index (χ0v) is 17.2. The molecule has 0 spiro atoms. The van der Waals surface area contributed by atoms with E-state index in [-0.39, 0.29) is 16.9 Å². The van der Waals surface area contributed by atoms with E-state index in [2.05, 4.69) is 22.9 Å². The highest BCUT2D eigenvalue weighted by atomic mass is 79.9. The molecular weight excluding hydrogens is 417 g/mol. The van der Waals surface area contributed by atoms with Crippen molar-refractivity contribution in [2.24, 2.45) is 5.92 Å². The van der Waals surface area contributed by atoms with E-state index < -0.39 is 15.8 Å². The summed E-state index contributed by atoms with van der Waals surface area (Å²) in [5.74, 6) is -0.333. The van der Waals surface area contributed by atoms with Gasteiger partial charge in [0.15, 0.2) is 0 Å². The van der Waals surface area contributed by atoms with Crippen molar-refractivity contribution in [3.63, 3.8) is 0 Å². The maximum absolute atomic E-state index is 13.8. The van der Waals surface area contributed by atoms with Crippen molar-refractivity contribution in [1.29, 1.82) is 0 Å². The van der Waals surface area contributed by atoms with Crippen LogP contribution in [-0.4, -0.2) is 19.3 Å². The highest BCUT2D eigenvalue weighted by molar-refractivity contribution is 9.10. The van der Waals surface area contributed by atoms with Crippen LogP contribution >= 0.6 is 15.9 Å². The summed E-state index contributed by atoms with van der Waals surface area (Å²) in [5, 5.41) is 0. The summed E-state index contributed by atoms with van der Waals surface area (Å²) < 4.78 is 43.4. The van der Waals surface area contributed by atoms with Crippen molar-refractivity contribution in [2.45, 2.75) is 44.0 Å². The van der Waals surface area contributed by atoms with Gasteiger partial charge in [-0.15, -0.1) is 0 Å². The number of hydrogen-bond donors (Lipinski definition) is 0. The molecule has 1 heterocycles. The Morgan fingerprint density at radius 1 is 1.23 bits per heavy atom. The van der Waals surface area contributed by atoms with Crippen LogP contribution in [0.5, 0.6) is 0 Å². The van der Waals surface area contributed by atoms with Gasteiger partial charge in [-0.1, -0.05) is 35.0 Å². The van der Waals surface area contributed by atoms with E-state index in [1.165, 1.54) is 17.7 Å². The highest BCUT2D eigenvalue weighted by Crippen LogP contribution is 2.44. The lowest BCUT2D eigenvalue weighted by atomic mass is 9.99. The Morgan fingerprint density at radius 2 is 2.00 bits per heavy atom. The zero-order chi connectivity index (χ0) is 18.6. The molecule has 0 saturated heterocycles. The van der Waals surface area contributed by atoms with Gasteiger partial charge in [0.05, 0.1) is 10.9 Å². The van der Waals surface area contributed by atoms with Crippen molar-refractivity contribution in [2.75, 3.05) is 6.54 Å². The minimum atomic E-state index is -3.75. The monoisotopic (exact) mass is 437 g/mol. The second-order valence-corrected chi connectivity index (χ2v) is 10.2. The van der Waals surface area contributed by atoms with Crippen LogP contribution in [0, 0.1) is 18.7 Å². The molecule has 1 aliphatic heterocycles. The Hall–Kier alpha value is -1.24. The fourth-order valence-corrected chi connectivity index (χ4v) is 6.93. The average molecular weight is 438 g/mol. The molecule has 0 saturated carbocycles. The number of sulfonamides is 1. The quantitative estimate of drug-likeness (QED) is 0.644. The molecule has 0 aromatic heterocycles. The van der Waals surface area contributed by atoms with Crippen molar-refractivity contribution < 1.29 is 12.8 Å². The van der Waals surface area contributed by atoms with E-state index in [4.69, 9.17) is 0 Å². The smallest absolute Gasteiger partial charge is 0.207 e. The minimum absolute atomic E-state index is 0.128. The lowest BCUT2D eigenvalue weighted by Gasteiger charge is -2.30. The number of benzene rings is 2. The molecule has 0 N–H and O–H groups in total. The second kappa shape index (κ2) is 6.43. The number of hydrogen-bond acceptors (Lipinski definition) is 2. The Bertz CT molecular complexity index is 990. The lowest BCUT2D eigenvalue weighted by molar-refractivity contribution is 0.289. The third kappa shape index (κ3) is 2.83. The predicted octanol–water partition coefficient (Wildman–Crippen LogP) is 4.77. The normalized spacial score (nSPS) is 24.8. The Balaban J connectivity index is 1.87. The molecule has 0 amide bonds. The Morgan fingerprint density at radius 3 is 2.77 bits per heavy atom. The molecule has 2 atom stereocenters. The molecule has 0 bridgehead atoms. The first kappa shape index (κ1) is 18.1. The summed E-state index contributed by atoms with van der Waals surface area (Å²) in [4.78, 5) is 0.128. The van der Waals surface area contributed by atoms with E-state index in [9.17, 15) is 12.8 Å². The molecular formula is C20H21BrFNO2S. The first-order valence-corrected chi connectivity index (χ1v) is 11.1. The Labute approximate surface area is 162 Å². The van der Waals surface area contributed by atoms with E-state index >= 15 is 0 Å². The molecule has 0 fully saturated rings. The first-order valence-electron chi connectivity index (χ1n) is 8.87. The van der Waals surface area contributed by atoms with Crippen LogP contribution in [0.25, 0.3) is 0 Å². The molecule has 2 aromatic carbocycles. The maximum Gasteiger partial charge on any atom is 0.244 e. The van der Waals surface area contributed by atoms with E-state index in [1.54, 1.807) is 10.4 Å². The molecule has 2 aliphatic rings. The standard InChI is InChI=1S/C20H21BrFNO2S/c1-12-9-14-4-5-15(22)10-19(14)26(24,25)23(11-12)18-8-6-16-17(21)7-3-13(2)20(16)18/h3-5,7,10,12,18H,6,8-9,11H2,1-2H3/t12-,18?/m0/s1. The highest BCUT2D eigenvalue weighted by Gasteiger charge is 2.41. The average Bonchev–Trinajstić information content (AvgIpc) is 2.99. The predicted molar refractivity (Wildman–Crippen MR) is 103 cm³/mol. The van der Waals surface area contributed by atoms with E-state index in [1.807, 2.05) is 19.1 Å². The molecule has 138 valence electrons. The summed E-state index contributed by atoms with van der Waals surface area (Å²) in [6, 6.07) is 8.02. The van der Waals surface area contributed by atoms with Gasteiger partial charge in [-0.3, -0.25) is 0 Å². The molecule has 4 rings (SSSR count). The van der Waals surface area contributed by atoms with Crippen LogP contribution in [-0.2, 0) is 22.9 Å². The van der Waals surface area contributed by atoms with Crippen LogP contribution in [0.15, 0.2) is 39.7 Å². The van der Waals surface area contributed by atoms with Crippen molar-refractivity contribution in [3.8, 4) is 0 Å². The fourth-order valence-electron chi connectivity index (χ4n) is 4.39. The van der Waals surface area contributed by atoms with Gasteiger partial charge in [0.2, 0.25) is 10.0 Å². The van der Waals surface area contributed by atoms with Crippen molar-refractivity contribution in [3.05, 3.63) is 62.9 Å². The molecule has 1 unspecified atom stereocenters. The van der Waals surface area contributed by atoms with Crippen LogP contribution in [0.1, 0.15) is 41.6 Å². The van der Waals surface area contributed by atoms with Gasteiger partial charge in [-0.2, -0.15) is 4.31 Å². The molecule has 2 aromatic rings. The number of rotatable bonds is 1. The van der Waals surface area contributed by atoms with Gasteiger partial charge in [-0.05, 0) is 72.6 Å². The van der Waals surface area contributed by atoms with Gasteiger partial charge in [0.25, 0.3) is 0 Å². The topological polar surface area (TPSA) is 37.4 Å². The minimum Gasteiger partial charge on any atom is -0.207 e. The van der Waals surface area contributed by atoms with Gasteiger partial charge in [0.1, 0.15) is 5.82 Å². The second-order valence-electron chi connectivity index (χ2n) is 7.45. The summed E-state index contributed by atoms with van der Waals surface area (Å²) >= 11 is 3.61. The number of halogens is 2. The molecule has 6 heteroatoms. The largest absolute Gasteiger partial charge is 0.244 e. The fraction of sp³-hybridized carbons (Fsp3) is 0.400.